The first-order valence-corrected chi connectivity index (χ1v) is 8.50. The normalized spacial score (nSPS) is 11.2. The highest BCUT2D eigenvalue weighted by molar-refractivity contribution is 7.91. The number of benzene rings is 1. The molecule has 2 rings (SSSR count). The highest BCUT2D eigenvalue weighted by atomic mass is 32.2. The molecule has 7 nitrogen and oxygen atoms in total. The van der Waals surface area contributed by atoms with Crippen LogP contribution in [0.2, 0.25) is 0 Å². The number of nitrogens with one attached hydrogen (secondary N) is 1. The predicted molar refractivity (Wildman–Crippen MR) is 83.5 cm³/mol. The number of carbonyl (C=O) groups is 1. The lowest BCUT2D eigenvalue weighted by atomic mass is 10.1. The molecule has 0 spiro atoms. The Balaban J connectivity index is 2.22. The van der Waals surface area contributed by atoms with E-state index >= 15 is 0 Å². The third kappa shape index (κ3) is 4.08. The molecule has 0 saturated carbocycles. The Labute approximate surface area is 128 Å². The van der Waals surface area contributed by atoms with Crippen LogP contribution in [0.4, 0.5) is 5.82 Å². The minimum absolute atomic E-state index is 0.423. The molecule has 0 fully saturated rings. The Bertz CT molecular complexity index is 796. The summed E-state index contributed by atoms with van der Waals surface area (Å²) in [6, 6.07) is 9.03. The molecule has 22 heavy (non-hydrogen) atoms. The van der Waals surface area contributed by atoms with Crippen molar-refractivity contribution in [2.24, 2.45) is 7.05 Å². The highest BCUT2D eigenvalue weighted by Gasteiger charge is 2.14. The molecule has 0 radical (unpaired) electrons. The number of aromatic nitrogens is 2. The Hall–Kier alpha value is -2.35. The van der Waals surface area contributed by atoms with Crippen LogP contribution in [-0.4, -0.2) is 43.2 Å². The van der Waals surface area contributed by atoms with Crippen molar-refractivity contribution in [2.45, 2.75) is 0 Å². The number of carbonyl (C=O) groups excluding carboxylic acids is 1. The molecule has 0 aliphatic heterocycles. The number of amides is 1. The van der Waals surface area contributed by atoms with Crippen molar-refractivity contribution < 1.29 is 17.9 Å². The fourth-order valence-electron chi connectivity index (χ4n) is 1.92. The number of hydrogen-bond acceptors (Lipinski definition) is 5. The number of aryl methyl sites for hydroxylation is 1. The van der Waals surface area contributed by atoms with E-state index in [0.717, 1.165) is 11.8 Å². The second-order valence-electron chi connectivity index (χ2n) is 4.89. The number of anilines is 1. The summed E-state index contributed by atoms with van der Waals surface area (Å²) in [6.45, 7) is 0. The van der Waals surface area contributed by atoms with Crippen LogP contribution >= 0.6 is 0 Å². The Morgan fingerprint density at radius 2 is 2.09 bits per heavy atom. The van der Waals surface area contributed by atoms with Crippen molar-refractivity contribution in [3.8, 4) is 17.0 Å². The minimum atomic E-state index is -3.37. The molecule has 8 heteroatoms. The average Bonchev–Trinajstić information content (AvgIpc) is 2.78. The topological polar surface area (TPSA) is 90.3 Å². The van der Waals surface area contributed by atoms with Gasteiger partial charge in [0.2, 0.25) is 5.91 Å². The smallest absolute Gasteiger partial charge is 0.240 e. The molecule has 0 saturated heterocycles. The van der Waals surface area contributed by atoms with E-state index in [1.54, 1.807) is 20.2 Å². The van der Waals surface area contributed by atoms with Gasteiger partial charge in [-0.1, -0.05) is 12.1 Å². The fraction of sp³-hybridized carbons (Fsp3) is 0.286. The Morgan fingerprint density at radius 3 is 2.73 bits per heavy atom. The van der Waals surface area contributed by atoms with Gasteiger partial charge >= 0.3 is 0 Å². The number of sulfone groups is 1. The molecule has 1 aromatic heterocycles. The van der Waals surface area contributed by atoms with Gasteiger partial charge in [0.05, 0.1) is 12.8 Å². The molecule has 118 valence electrons. The van der Waals surface area contributed by atoms with E-state index in [2.05, 4.69) is 10.4 Å². The van der Waals surface area contributed by atoms with Crippen molar-refractivity contribution in [2.75, 3.05) is 24.4 Å². The zero-order chi connectivity index (χ0) is 16.3. The lowest BCUT2D eigenvalue weighted by Gasteiger charge is -2.03. The van der Waals surface area contributed by atoms with Crippen molar-refractivity contribution in [3.05, 3.63) is 30.3 Å². The van der Waals surface area contributed by atoms with E-state index in [9.17, 15) is 13.2 Å². The van der Waals surface area contributed by atoms with Gasteiger partial charge in [-0.2, -0.15) is 5.10 Å². The third-order valence-electron chi connectivity index (χ3n) is 2.91. The maximum absolute atomic E-state index is 11.7. The molecule has 0 atom stereocenters. The number of methoxy groups -OCH3 is 1. The van der Waals surface area contributed by atoms with E-state index in [-0.39, 0.29) is 0 Å². The summed E-state index contributed by atoms with van der Waals surface area (Å²) in [7, 11) is -0.125. The van der Waals surface area contributed by atoms with Crippen LogP contribution in [-0.2, 0) is 21.7 Å². The number of rotatable bonds is 5. The molecule has 0 unspecified atom stereocenters. The van der Waals surface area contributed by atoms with Crippen LogP contribution < -0.4 is 10.1 Å². The molecule has 0 aliphatic rings. The SMILES string of the molecule is COc1cccc(-c2cc(NC(=O)CS(C)(=O)=O)n(C)n2)c1. The van der Waals surface area contributed by atoms with Crippen molar-refractivity contribution >= 4 is 21.6 Å². The quantitative estimate of drug-likeness (QED) is 0.889. The van der Waals surface area contributed by atoms with E-state index in [1.165, 1.54) is 4.68 Å². The molecular formula is C14H17N3O4S. The summed E-state index contributed by atoms with van der Waals surface area (Å²) >= 11 is 0. The second kappa shape index (κ2) is 6.18. The van der Waals surface area contributed by atoms with Crippen LogP contribution in [0.5, 0.6) is 5.75 Å². The van der Waals surface area contributed by atoms with Gasteiger partial charge in [0.1, 0.15) is 17.3 Å². The average molecular weight is 323 g/mol. The van der Waals surface area contributed by atoms with E-state index in [0.29, 0.717) is 17.3 Å². The molecule has 1 amide bonds. The van der Waals surface area contributed by atoms with Crippen LogP contribution in [0.3, 0.4) is 0 Å². The maximum Gasteiger partial charge on any atom is 0.240 e. The molecule has 2 aromatic rings. The van der Waals surface area contributed by atoms with Crippen molar-refractivity contribution in [1.82, 2.24) is 9.78 Å². The van der Waals surface area contributed by atoms with Gasteiger partial charge in [-0.25, -0.2) is 8.42 Å². The molecule has 1 N–H and O–H groups in total. The van der Waals surface area contributed by atoms with Crippen molar-refractivity contribution in [3.63, 3.8) is 0 Å². The van der Waals surface area contributed by atoms with E-state index in [1.807, 2.05) is 24.3 Å². The first kappa shape index (κ1) is 16.0. The summed E-state index contributed by atoms with van der Waals surface area (Å²) < 4.78 is 28.9. The molecule has 1 aromatic carbocycles. The highest BCUT2D eigenvalue weighted by Crippen LogP contribution is 2.24. The summed E-state index contributed by atoms with van der Waals surface area (Å²) in [5.41, 5.74) is 1.48. The third-order valence-corrected chi connectivity index (χ3v) is 3.69. The standard InChI is InChI=1S/C14H17N3O4S/c1-17-13(15-14(18)9-22(3,19)20)8-12(16-17)10-5-4-6-11(7-10)21-2/h4-8H,9H2,1-3H3,(H,15,18). The largest absolute Gasteiger partial charge is 0.497 e. The van der Waals surface area contributed by atoms with Crippen LogP contribution in [0, 0.1) is 0 Å². The monoisotopic (exact) mass is 323 g/mol. The van der Waals surface area contributed by atoms with Gasteiger partial charge in [-0.05, 0) is 12.1 Å². The lowest BCUT2D eigenvalue weighted by molar-refractivity contribution is -0.113. The summed E-state index contributed by atoms with van der Waals surface area (Å²) in [6.07, 6.45) is 1.01. The maximum atomic E-state index is 11.7. The van der Waals surface area contributed by atoms with Crippen molar-refractivity contribution in [1.29, 1.82) is 0 Å². The zero-order valence-electron chi connectivity index (χ0n) is 12.5. The first-order chi connectivity index (χ1) is 10.3. The number of hydrogen-bond donors (Lipinski definition) is 1. The lowest BCUT2D eigenvalue weighted by Crippen LogP contribution is -2.23. The minimum Gasteiger partial charge on any atom is -0.497 e. The molecule has 0 aliphatic carbocycles. The van der Waals surface area contributed by atoms with E-state index in [4.69, 9.17) is 4.74 Å². The van der Waals surface area contributed by atoms with Gasteiger partial charge in [-0.3, -0.25) is 9.48 Å². The van der Waals surface area contributed by atoms with Crippen LogP contribution in [0.25, 0.3) is 11.3 Å². The molecular weight excluding hydrogens is 306 g/mol. The zero-order valence-corrected chi connectivity index (χ0v) is 13.3. The number of ether oxygens (including phenoxy) is 1. The van der Waals surface area contributed by atoms with Gasteiger partial charge in [0.25, 0.3) is 0 Å². The van der Waals surface area contributed by atoms with Gasteiger partial charge in [-0.15, -0.1) is 0 Å². The van der Waals surface area contributed by atoms with Crippen LogP contribution in [0.1, 0.15) is 0 Å². The predicted octanol–water partition coefficient (Wildman–Crippen LogP) is 1.08. The Morgan fingerprint density at radius 1 is 1.36 bits per heavy atom. The first-order valence-electron chi connectivity index (χ1n) is 6.44. The summed E-state index contributed by atoms with van der Waals surface area (Å²) in [4.78, 5) is 11.7. The second-order valence-corrected chi connectivity index (χ2v) is 7.03. The molecule has 0 bridgehead atoms. The Kier molecular flexibility index (Phi) is 4.51. The van der Waals surface area contributed by atoms with E-state index < -0.39 is 21.5 Å². The summed E-state index contributed by atoms with van der Waals surface area (Å²) in [5.74, 6) is -0.0351. The van der Waals surface area contributed by atoms with Gasteiger partial charge in [0.15, 0.2) is 9.84 Å². The fourth-order valence-corrected chi connectivity index (χ4v) is 2.47. The number of nitrogens with zero attached hydrogens (tertiary/aromatic N) is 2. The molecule has 1 heterocycles. The van der Waals surface area contributed by atoms with Gasteiger partial charge < -0.3 is 10.1 Å². The summed E-state index contributed by atoms with van der Waals surface area (Å²) in [5, 5.41) is 6.84. The van der Waals surface area contributed by atoms with Crippen LogP contribution in [0.15, 0.2) is 30.3 Å². The van der Waals surface area contributed by atoms with Gasteiger partial charge in [0, 0.05) is 24.9 Å².